The second-order valence-corrected chi connectivity index (χ2v) is 3.93. The number of anilines is 1. The number of aromatic nitrogens is 2. The molecule has 0 saturated heterocycles. The molecular weight excluding hydrogens is 194 g/mol. The lowest BCUT2D eigenvalue weighted by molar-refractivity contribution is 0.824. The monoisotopic (exact) mass is 211 g/mol. The highest BCUT2D eigenvalue weighted by Gasteiger charge is 1.99. The van der Waals surface area contributed by atoms with E-state index in [0.717, 1.165) is 23.2 Å². The van der Waals surface area contributed by atoms with Crippen molar-refractivity contribution in [3.05, 3.63) is 11.8 Å². The summed E-state index contributed by atoms with van der Waals surface area (Å²) in [7, 11) is 0. The lowest BCUT2D eigenvalue weighted by Gasteiger charge is -2.06. The van der Waals surface area contributed by atoms with Crippen LogP contribution in [-0.2, 0) is 0 Å². The molecule has 0 atom stereocenters. The topological polar surface area (TPSA) is 37.8 Å². The minimum atomic E-state index is 0.837. The minimum absolute atomic E-state index is 0.837. The highest BCUT2D eigenvalue weighted by molar-refractivity contribution is 7.98. The van der Waals surface area contributed by atoms with Gasteiger partial charge in [-0.1, -0.05) is 25.1 Å². The fourth-order valence-corrected chi connectivity index (χ4v) is 1.54. The zero-order valence-corrected chi connectivity index (χ0v) is 9.82. The molecule has 0 saturated carbocycles. The molecule has 1 aromatic heterocycles. The Labute approximate surface area is 89.7 Å². The van der Waals surface area contributed by atoms with Crippen LogP contribution in [0.4, 0.5) is 5.82 Å². The Morgan fingerprint density at radius 2 is 2.21 bits per heavy atom. The van der Waals surface area contributed by atoms with Crippen LogP contribution in [0.25, 0.3) is 0 Å². The number of unbranched alkanes of at least 4 members (excludes halogenated alkanes) is 1. The van der Waals surface area contributed by atoms with Gasteiger partial charge < -0.3 is 5.32 Å². The summed E-state index contributed by atoms with van der Waals surface area (Å²) >= 11 is 1.57. The fraction of sp³-hybridized carbons (Fsp3) is 0.600. The van der Waals surface area contributed by atoms with Gasteiger partial charge in [0.25, 0.3) is 0 Å². The molecule has 0 fully saturated rings. The molecule has 14 heavy (non-hydrogen) atoms. The zero-order valence-electron chi connectivity index (χ0n) is 9.00. The summed E-state index contributed by atoms with van der Waals surface area (Å²) in [6.07, 6.45) is 4.37. The van der Waals surface area contributed by atoms with Gasteiger partial charge in [0.05, 0.1) is 0 Å². The van der Waals surface area contributed by atoms with E-state index in [1.165, 1.54) is 12.8 Å². The maximum Gasteiger partial charge on any atom is 0.189 e. The van der Waals surface area contributed by atoms with Crippen molar-refractivity contribution < 1.29 is 0 Å². The molecular formula is C10H17N3S. The first-order chi connectivity index (χ1) is 6.76. The first kappa shape index (κ1) is 11.3. The van der Waals surface area contributed by atoms with Crippen LogP contribution >= 0.6 is 11.8 Å². The molecule has 0 spiro atoms. The van der Waals surface area contributed by atoms with Crippen LogP contribution in [0.1, 0.15) is 25.5 Å². The van der Waals surface area contributed by atoms with Gasteiger partial charge in [0.2, 0.25) is 0 Å². The van der Waals surface area contributed by atoms with E-state index in [9.17, 15) is 0 Å². The average Bonchev–Trinajstić information content (AvgIpc) is 2.17. The van der Waals surface area contributed by atoms with Crippen molar-refractivity contribution in [2.75, 3.05) is 18.1 Å². The number of nitrogens with one attached hydrogen (secondary N) is 1. The third-order valence-electron chi connectivity index (χ3n) is 1.85. The van der Waals surface area contributed by atoms with Gasteiger partial charge in [0.1, 0.15) is 5.82 Å². The van der Waals surface area contributed by atoms with Crippen LogP contribution in [0, 0.1) is 6.92 Å². The minimum Gasteiger partial charge on any atom is -0.370 e. The lowest BCUT2D eigenvalue weighted by Crippen LogP contribution is -2.04. The summed E-state index contributed by atoms with van der Waals surface area (Å²) < 4.78 is 0. The maximum absolute atomic E-state index is 4.36. The molecule has 0 aliphatic heterocycles. The van der Waals surface area contributed by atoms with E-state index in [4.69, 9.17) is 0 Å². The largest absolute Gasteiger partial charge is 0.370 e. The Morgan fingerprint density at radius 1 is 1.43 bits per heavy atom. The van der Waals surface area contributed by atoms with Crippen molar-refractivity contribution in [2.24, 2.45) is 0 Å². The SMILES string of the molecule is CCCCNc1cc(C)nc(SC)n1. The molecule has 1 heterocycles. The molecule has 0 aromatic carbocycles. The van der Waals surface area contributed by atoms with Gasteiger partial charge in [0, 0.05) is 18.3 Å². The highest BCUT2D eigenvalue weighted by Crippen LogP contribution is 2.13. The van der Waals surface area contributed by atoms with Crippen LogP contribution in [0.2, 0.25) is 0 Å². The van der Waals surface area contributed by atoms with E-state index in [1.807, 2.05) is 19.2 Å². The van der Waals surface area contributed by atoms with E-state index < -0.39 is 0 Å². The predicted octanol–water partition coefficient (Wildman–Crippen LogP) is 2.72. The number of aryl methyl sites for hydroxylation is 1. The van der Waals surface area contributed by atoms with Crippen molar-refractivity contribution in [3.8, 4) is 0 Å². The molecule has 0 bridgehead atoms. The van der Waals surface area contributed by atoms with Gasteiger partial charge >= 0.3 is 0 Å². The Balaban J connectivity index is 2.62. The molecule has 1 rings (SSSR count). The third-order valence-corrected chi connectivity index (χ3v) is 2.40. The molecule has 1 N–H and O–H groups in total. The molecule has 0 aliphatic rings. The smallest absolute Gasteiger partial charge is 0.189 e. The van der Waals surface area contributed by atoms with Crippen LogP contribution in [0.15, 0.2) is 11.2 Å². The van der Waals surface area contributed by atoms with Crippen LogP contribution in [-0.4, -0.2) is 22.8 Å². The molecule has 1 aromatic rings. The Morgan fingerprint density at radius 3 is 2.86 bits per heavy atom. The van der Waals surface area contributed by atoms with E-state index in [2.05, 4.69) is 22.2 Å². The Kier molecular flexibility index (Phi) is 4.73. The van der Waals surface area contributed by atoms with E-state index >= 15 is 0 Å². The molecule has 3 nitrogen and oxygen atoms in total. The van der Waals surface area contributed by atoms with E-state index in [-0.39, 0.29) is 0 Å². The number of rotatable bonds is 5. The Hall–Kier alpha value is -0.770. The molecule has 0 aliphatic carbocycles. The van der Waals surface area contributed by atoms with Crippen molar-refractivity contribution in [2.45, 2.75) is 31.8 Å². The highest BCUT2D eigenvalue weighted by atomic mass is 32.2. The van der Waals surface area contributed by atoms with Crippen LogP contribution in [0.3, 0.4) is 0 Å². The van der Waals surface area contributed by atoms with Crippen molar-refractivity contribution in [3.63, 3.8) is 0 Å². The van der Waals surface area contributed by atoms with Crippen molar-refractivity contribution >= 4 is 17.6 Å². The predicted molar refractivity (Wildman–Crippen MR) is 61.9 cm³/mol. The van der Waals surface area contributed by atoms with E-state index in [1.54, 1.807) is 11.8 Å². The third kappa shape index (κ3) is 3.54. The summed E-state index contributed by atoms with van der Waals surface area (Å²) in [5, 5.41) is 4.13. The van der Waals surface area contributed by atoms with Crippen molar-refractivity contribution in [1.29, 1.82) is 0 Å². The molecule has 0 unspecified atom stereocenters. The summed E-state index contributed by atoms with van der Waals surface area (Å²) in [6, 6.07) is 1.98. The van der Waals surface area contributed by atoms with Gasteiger partial charge in [-0.25, -0.2) is 9.97 Å². The second-order valence-electron chi connectivity index (χ2n) is 3.16. The normalized spacial score (nSPS) is 10.2. The van der Waals surface area contributed by atoms with Crippen LogP contribution < -0.4 is 5.32 Å². The van der Waals surface area contributed by atoms with Gasteiger partial charge in [-0.2, -0.15) is 0 Å². The van der Waals surface area contributed by atoms with Crippen molar-refractivity contribution in [1.82, 2.24) is 9.97 Å². The quantitative estimate of drug-likeness (QED) is 0.461. The molecule has 78 valence electrons. The maximum atomic E-state index is 4.36. The van der Waals surface area contributed by atoms with Crippen LogP contribution in [0.5, 0.6) is 0 Å². The average molecular weight is 211 g/mol. The summed E-state index contributed by atoms with van der Waals surface area (Å²) in [5.41, 5.74) is 1.02. The van der Waals surface area contributed by atoms with Gasteiger partial charge in [-0.15, -0.1) is 0 Å². The number of nitrogens with zero attached hydrogens (tertiary/aromatic N) is 2. The summed E-state index contributed by atoms with van der Waals surface area (Å²) in [6.45, 7) is 5.16. The summed E-state index contributed by atoms with van der Waals surface area (Å²) in [4.78, 5) is 8.66. The molecule has 4 heteroatoms. The summed E-state index contributed by atoms with van der Waals surface area (Å²) in [5.74, 6) is 0.940. The first-order valence-electron chi connectivity index (χ1n) is 4.89. The zero-order chi connectivity index (χ0) is 10.4. The van der Waals surface area contributed by atoms with Gasteiger partial charge in [-0.3, -0.25) is 0 Å². The fourth-order valence-electron chi connectivity index (χ4n) is 1.12. The number of thioether (sulfide) groups is 1. The Bertz CT molecular complexity index is 289. The number of hydrogen-bond donors (Lipinski definition) is 1. The number of hydrogen-bond acceptors (Lipinski definition) is 4. The van der Waals surface area contributed by atoms with Gasteiger partial charge in [-0.05, 0) is 19.6 Å². The second kappa shape index (κ2) is 5.86. The van der Waals surface area contributed by atoms with Gasteiger partial charge in [0.15, 0.2) is 5.16 Å². The molecule has 0 radical (unpaired) electrons. The van der Waals surface area contributed by atoms with E-state index in [0.29, 0.717) is 0 Å². The standard InChI is InChI=1S/C10H17N3S/c1-4-5-6-11-9-7-8(2)12-10(13-9)14-3/h7H,4-6H2,1-3H3,(H,11,12,13). The lowest BCUT2D eigenvalue weighted by atomic mass is 10.3. The molecule has 0 amide bonds. The first-order valence-corrected chi connectivity index (χ1v) is 6.12.